The predicted molar refractivity (Wildman–Crippen MR) is 91.3 cm³/mol. The molecule has 0 saturated heterocycles. The summed E-state index contributed by atoms with van der Waals surface area (Å²) in [6, 6.07) is 7.95. The molecule has 128 valence electrons. The average Bonchev–Trinajstić information content (AvgIpc) is 2.51. The molecule has 0 fully saturated rings. The van der Waals surface area contributed by atoms with Gasteiger partial charge in [0.1, 0.15) is 0 Å². The van der Waals surface area contributed by atoms with Crippen LogP contribution in [0.3, 0.4) is 0 Å². The predicted octanol–water partition coefficient (Wildman–Crippen LogP) is 3.37. The minimum Gasteiger partial charge on any atom is -0.453 e. The van der Waals surface area contributed by atoms with Crippen molar-refractivity contribution in [2.24, 2.45) is 5.92 Å². The van der Waals surface area contributed by atoms with Crippen LogP contribution in [-0.2, 0) is 9.53 Å². The molecule has 0 heterocycles. The molecule has 5 heteroatoms. The Balaban J connectivity index is 2.82. The van der Waals surface area contributed by atoms with E-state index in [1.54, 1.807) is 6.92 Å². The van der Waals surface area contributed by atoms with Crippen LogP contribution in [0.4, 0.5) is 4.79 Å². The number of hydrogen-bond donors (Lipinski definition) is 2. The first-order chi connectivity index (χ1) is 10.8. The number of rotatable bonds is 6. The lowest BCUT2D eigenvalue weighted by Gasteiger charge is -2.26. The summed E-state index contributed by atoms with van der Waals surface area (Å²) in [7, 11) is 1.23. The van der Waals surface area contributed by atoms with Gasteiger partial charge >= 0.3 is 6.09 Å². The Hall–Kier alpha value is -1.88. The van der Waals surface area contributed by atoms with Crippen molar-refractivity contribution < 1.29 is 14.3 Å². The van der Waals surface area contributed by atoms with Gasteiger partial charge in [0, 0.05) is 6.04 Å². The molecule has 0 aliphatic carbocycles. The Morgan fingerprint density at radius 2 is 1.48 bits per heavy atom. The third-order valence-corrected chi connectivity index (χ3v) is 3.86. The molecule has 5 nitrogen and oxygen atoms in total. The standard InChI is InChI=1S/C18H28N2O3/c1-11(2)14-7-9-15(10-8-14)16(12(3)4)19-13(5)17(21)20-18(22)23-6/h7-13,16,19H,1-6H3,(H,20,21,22)/t13-,16-/m0/s1. The first kappa shape index (κ1) is 19.2. The molecule has 0 aromatic heterocycles. The highest BCUT2D eigenvalue weighted by atomic mass is 16.5. The van der Waals surface area contributed by atoms with Crippen molar-refractivity contribution in [3.63, 3.8) is 0 Å². The molecule has 0 aliphatic heterocycles. The number of methoxy groups -OCH3 is 1. The lowest BCUT2D eigenvalue weighted by molar-refractivity contribution is -0.122. The molecular formula is C18H28N2O3. The monoisotopic (exact) mass is 320 g/mol. The van der Waals surface area contributed by atoms with Gasteiger partial charge < -0.3 is 4.74 Å². The van der Waals surface area contributed by atoms with Crippen molar-refractivity contribution in [2.45, 2.75) is 52.6 Å². The Morgan fingerprint density at radius 1 is 0.957 bits per heavy atom. The Kier molecular flexibility index (Phi) is 7.23. The molecular weight excluding hydrogens is 292 g/mol. The Labute approximate surface area is 138 Å². The van der Waals surface area contributed by atoms with Gasteiger partial charge in [0.25, 0.3) is 0 Å². The summed E-state index contributed by atoms with van der Waals surface area (Å²) in [4.78, 5) is 23.1. The summed E-state index contributed by atoms with van der Waals surface area (Å²) in [5, 5.41) is 5.48. The van der Waals surface area contributed by atoms with Crippen LogP contribution in [0.25, 0.3) is 0 Å². The van der Waals surface area contributed by atoms with Crippen LogP contribution < -0.4 is 10.6 Å². The van der Waals surface area contributed by atoms with Gasteiger partial charge in [0.2, 0.25) is 5.91 Å². The Bertz CT molecular complexity index is 524. The van der Waals surface area contributed by atoms with Crippen molar-refractivity contribution in [1.82, 2.24) is 10.6 Å². The van der Waals surface area contributed by atoms with Gasteiger partial charge in [-0.3, -0.25) is 15.4 Å². The van der Waals surface area contributed by atoms with Gasteiger partial charge in [0.05, 0.1) is 13.2 Å². The molecule has 1 aromatic carbocycles. The second kappa shape index (κ2) is 8.67. The molecule has 0 spiro atoms. The molecule has 0 radical (unpaired) electrons. The normalized spacial score (nSPS) is 13.7. The number of carbonyl (C=O) groups is 2. The molecule has 0 saturated carbocycles. The van der Waals surface area contributed by atoms with Crippen LogP contribution >= 0.6 is 0 Å². The summed E-state index contributed by atoms with van der Waals surface area (Å²) >= 11 is 0. The van der Waals surface area contributed by atoms with Crippen molar-refractivity contribution in [3.8, 4) is 0 Å². The minimum atomic E-state index is -0.744. The van der Waals surface area contributed by atoms with Gasteiger partial charge in [-0.2, -0.15) is 0 Å². The highest BCUT2D eigenvalue weighted by molar-refractivity contribution is 5.94. The molecule has 23 heavy (non-hydrogen) atoms. The SMILES string of the molecule is COC(=O)NC(=O)[C@H](C)N[C@H](c1ccc(C(C)C)cc1)C(C)C. The zero-order valence-corrected chi connectivity index (χ0v) is 14.8. The fourth-order valence-corrected chi connectivity index (χ4v) is 2.37. The lowest BCUT2D eigenvalue weighted by atomic mass is 9.93. The van der Waals surface area contributed by atoms with Crippen LogP contribution in [0.5, 0.6) is 0 Å². The third-order valence-electron chi connectivity index (χ3n) is 3.86. The van der Waals surface area contributed by atoms with Crippen LogP contribution in [0.1, 0.15) is 57.7 Å². The number of nitrogens with one attached hydrogen (secondary N) is 2. The maximum absolute atomic E-state index is 12.0. The summed E-state index contributed by atoms with van der Waals surface area (Å²) in [6.07, 6.45) is -0.744. The second-order valence-electron chi connectivity index (χ2n) is 6.41. The van der Waals surface area contributed by atoms with Crippen molar-refractivity contribution in [3.05, 3.63) is 35.4 Å². The Morgan fingerprint density at radius 3 is 1.91 bits per heavy atom. The van der Waals surface area contributed by atoms with Crippen LogP contribution in [0.2, 0.25) is 0 Å². The molecule has 0 bridgehead atoms. The first-order valence-corrected chi connectivity index (χ1v) is 8.01. The zero-order chi connectivity index (χ0) is 17.6. The maximum Gasteiger partial charge on any atom is 0.413 e. The number of alkyl carbamates (subject to hydrolysis) is 1. The van der Waals surface area contributed by atoms with Crippen LogP contribution in [0, 0.1) is 5.92 Å². The van der Waals surface area contributed by atoms with Gasteiger partial charge in [-0.05, 0) is 29.9 Å². The van der Waals surface area contributed by atoms with E-state index in [9.17, 15) is 9.59 Å². The van der Waals surface area contributed by atoms with Gasteiger partial charge in [-0.25, -0.2) is 4.79 Å². The molecule has 2 N–H and O–H groups in total. The van der Waals surface area contributed by atoms with E-state index < -0.39 is 18.0 Å². The van der Waals surface area contributed by atoms with E-state index in [1.165, 1.54) is 12.7 Å². The number of ether oxygens (including phenoxy) is 1. The summed E-state index contributed by atoms with van der Waals surface area (Å²) in [5.41, 5.74) is 2.41. The fraction of sp³-hybridized carbons (Fsp3) is 0.556. The summed E-state index contributed by atoms with van der Waals surface area (Å²) < 4.78 is 4.44. The van der Waals surface area contributed by atoms with Crippen molar-refractivity contribution in [1.29, 1.82) is 0 Å². The van der Waals surface area contributed by atoms with Gasteiger partial charge in [-0.1, -0.05) is 52.0 Å². The minimum absolute atomic E-state index is 0.0228. The molecule has 2 atom stereocenters. The summed E-state index contributed by atoms with van der Waals surface area (Å²) in [6.45, 7) is 10.2. The van der Waals surface area contributed by atoms with Crippen molar-refractivity contribution >= 4 is 12.0 Å². The average molecular weight is 320 g/mol. The number of imide groups is 1. The van der Waals surface area contributed by atoms with E-state index in [-0.39, 0.29) is 6.04 Å². The van der Waals surface area contributed by atoms with Crippen molar-refractivity contribution in [2.75, 3.05) is 7.11 Å². The van der Waals surface area contributed by atoms with E-state index in [0.717, 1.165) is 5.56 Å². The molecule has 1 aromatic rings. The number of hydrogen-bond acceptors (Lipinski definition) is 4. The number of amides is 2. The van der Waals surface area contributed by atoms with Crippen LogP contribution in [0.15, 0.2) is 24.3 Å². The highest BCUT2D eigenvalue weighted by Gasteiger charge is 2.23. The molecule has 1 rings (SSSR count). The molecule has 0 unspecified atom stereocenters. The van der Waals surface area contributed by atoms with Gasteiger partial charge in [-0.15, -0.1) is 0 Å². The van der Waals surface area contributed by atoms with Gasteiger partial charge in [0.15, 0.2) is 0 Å². The van der Waals surface area contributed by atoms with E-state index >= 15 is 0 Å². The van der Waals surface area contributed by atoms with Crippen LogP contribution in [-0.4, -0.2) is 25.2 Å². The summed E-state index contributed by atoms with van der Waals surface area (Å²) in [5.74, 6) is 0.383. The molecule has 2 amide bonds. The maximum atomic E-state index is 12.0. The fourth-order valence-electron chi connectivity index (χ4n) is 2.37. The highest BCUT2D eigenvalue weighted by Crippen LogP contribution is 2.24. The topological polar surface area (TPSA) is 67.4 Å². The first-order valence-electron chi connectivity index (χ1n) is 8.01. The lowest BCUT2D eigenvalue weighted by Crippen LogP contribution is -2.46. The smallest absolute Gasteiger partial charge is 0.413 e. The zero-order valence-electron chi connectivity index (χ0n) is 14.8. The van der Waals surface area contributed by atoms with E-state index in [2.05, 4.69) is 67.3 Å². The molecule has 0 aliphatic rings. The van der Waals surface area contributed by atoms with E-state index in [0.29, 0.717) is 11.8 Å². The van der Waals surface area contributed by atoms with E-state index in [4.69, 9.17) is 0 Å². The largest absolute Gasteiger partial charge is 0.453 e. The van der Waals surface area contributed by atoms with E-state index in [1.807, 2.05) is 0 Å². The second-order valence-corrected chi connectivity index (χ2v) is 6.41. The number of carbonyl (C=O) groups excluding carboxylic acids is 2. The number of benzene rings is 1. The quantitative estimate of drug-likeness (QED) is 0.843. The third kappa shape index (κ3) is 5.67.